The molecular formula is C16H17N4O2+. The molecule has 0 saturated heterocycles. The van der Waals surface area contributed by atoms with E-state index < -0.39 is 0 Å². The fraction of sp³-hybridized carbons (Fsp3) is 0.312. The Hall–Kier alpha value is -2.63. The molecule has 22 heavy (non-hydrogen) atoms. The second-order valence-electron chi connectivity index (χ2n) is 5.94. The van der Waals surface area contributed by atoms with Gasteiger partial charge in [-0.1, -0.05) is 18.2 Å². The first-order valence-electron chi connectivity index (χ1n) is 7.38. The number of aryl methyl sites for hydroxylation is 2. The molecule has 1 N–H and O–H groups in total. The Balaban J connectivity index is 1.90. The predicted octanol–water partition coefficient (Wildman–Crippen LogP) is 2.62. The van der Waals surface area contributed by atoms with Crippen LogP contribution in [0.4, 0.5) is 23.0 Å². The number of nitrogens with one attached hydrogen (secondary N) is 1. The largest absolute Gasteiger partial charge is 0.341 e. The van der Waals surface area contributed by atoms with E-state index in [9.17, 15) is 10.1 Å². The molecule has 0 fully saturated rings. The molecule has 1 aromatic carbocycles. The van der Waals surface area contributed by atoms with Gasteiger partial charge in [-0.2, -0.15) is 0 Å². The monoisotopic (exact) mass is 297 g/mol. The van der Waals surface area contributed by atoms with Crippen molar-refractivity contribution in [1.29, 1.82) is 0 Å². The number of nitrogens with zero attached hydrogens (tertiary/aromatic N) is 3. The predicted molar refractivity (Wildman–Crippen MR) is 83.7 cm³/mol. The SMILES string of the molecule is Cc1cccc(C)c1N1CC2CNc3c([N+](=O)[O-])ccc1[n+]32. The van der Waals surface area contributed by atoms with E-state index in [1.807, 2.05) is 6.07 Å². The fourth-order valence-electron chi connectivity index (χ4n) is 3.66. The van der Waals surface area contributed by atoms with Crippen molar-refractivity contribution in [3.63, 3.8) is 0 Å². The number of anilines is 3. The van der Waals surface area contributed by atoms with Crippen molar-refractivity contribution in [2.45, 2.75) is 19.9 Å². The van der Waals surface area contributed by atoms with E-state index >= 15 is 0 Å². The van der Waals surface area contributed by atoms with Gasteiger partial charge in [0, 0.05) is 12.1 Å². The fourth-order valence-corrected chi connectivity index (χ4v) is 3.66. The van der Waals surface area contributed by atoms with Crippen LogP contribution in [0.25, 0.3) is 0 Å². The lowest BCUT2D eigenvalue weighted by molar-refractivity contribution is -0.672. The maximum Gasteiger partial charge on any atom is 0.341 e. The average molecular weight is 297 g/mol. The number of rotatable bonds is 2. The minimum absolute atomic E-state index is 0.148. The van der Waals surface area contributed by atoms with Crippen LogP contribution in [0, 0.1) is 24.0 Å². The number of para-hydroxylation sites is 1. The summed E-state index contributed by atoms with van der Waals surface area (Å²) in [5.74, 6) is 1.65. The third-order valence-corrected chi connectivity index (χ3v) is 4.57. The highest BCUT2D eigenvalue weighted by Crippen LogP contribution is 2.39. The van der Waals surface area contributed by atoms with Crippen LogP contribution in [0.3, 0.4) is 0 Å². The zero-order chi connectivity index (χ0) is 15.4. The van der Waals surface area contributed by atoms with Crippen LogP contribution in [0.1, 0.15) is 17.2 Å². The van der Waals surface area contributed by atoms with E-state index in [4.69, 9.17) is 0 Å². The second-order valence-corrected chi connectivity index (χ2v) is 5.94. The summed E-state index contributed by atoms with van der Waals surface area (Å²) >= 11 is 0. The molecule has 0 radical (unpaired) electrons. The molecule has 1 atom stereocenters. The van der Waals surface area contributed by atoms with E-state index in [0.29, 0.717) is 5.82 Å². The maximum absolute atomic E-state index is 11.2. The lowest BCUT2D eigenvalue weighted by atomic mass is 10.1. The van der Waals surface area contributed by atoms with Crippen molar-refractivity contribution in [3.8, 4) is 0 Å². The molecule has 4 rings (SSSR count). The summed E-state index contributed by atoms with van der Waals surface area (Å²) in [6.07, 6.45) is 0. The zero-order valence-corrected chi connectivity index (χ0v) is 12.5. The molecule has 3 heterocycles. The molecule has 6 heteroatoms. The van der Waals surface area contributed by atoms with Gasteiger partial charge in [-0.15, -0.1) is 0 Å². The van der Waals surface area contributed by atoms with Gasteiger partial charge in [0.2, 0.25) is 5.82 Å². The molecular weight excluding hydrogens is 280 g/mol. The van der Waals surface area contributed by atoms with Gasteiger partial charge in [0.15, 0.2) is 0 Å². The van der Waals surface area contributed by atoms with Gasteiger partial charge in [-0.25, -0.2) is 4.57 Å². The lowest BCUT2D eigenvalue weighted by Crippen LogP contribution is -2.33. The average Bonchev–Trinajstić information content (AvgIpc) is 3.04. The second kappa shape index (κ2) is 4.43. The Labute approximate surface area is 128 Å². The first kappa shape index (κ1) is 13.1. The van der Waals surface area contributed by atoms with Crippen LogP contribution in [0.15, 0.2) is 30.3 Å². The number of aromatic nitrogens is 1. The van der Waals surface area contributed by atoms with E-state index in [1.165, 1.54) is 16.8 Å². The highest BCUT2D eigenvalue weighted by atomic mass is 16.6. The Kier molecular flexibility index (Phi) is 2.63. The van der Waals surface area contributed by atoms with Gasteiger partial charge in [-0.05, 0) is 25.0 Å². The highest BCUT2D eigenvalue weighted by molar-refractivity contribution is 5.69. The van der Waals surface area contributed by atoms with E-state index in [1.54, 1.807) is 6.07 Å². The van der Waals surface area contributed by atoms with Crippen molar-refractivity contribution in [3.05, 3.63) is 51.6 Å². The molecule has 0 spiro atoms. The molecule has 2 aromatic rings. The van der Waals surface area contributed by atoms with Crippen LogP contribution in [0.5, 0.6) is 0 Å². The smallest absolute Gasteiger partial charge is 0.296 e. The quantitative estimate of drug-likeness (QED) is 0.526. The molecule has 0 aliphatic carbocycles. The summed E-state index contributed by atoms with van der Waals surface area (Å²) in [7, 11) is 0. The van der Waals surface area contributed by atoms with Crippen molar-refractivity contribution < 1.29 is 9.49 Å². The zero-order valence-electron chi connectivity index (χ0n) is 12.5. The number of hydrogen-bond donors (Lipinski definition) is 1. The van der Waals surface area contributed by atoms with Crippen LogP contribution in [0.2, 0.25) is 0 Å². The molecule has 0 amide bonds. The molecule has 0 saturated carbocycles. The van der Waals surface area contributed by atoms with Crippen LogP contribution in [-0.2, 0) is 0 Å². The van der Waals surface area contributed by atoms with Gasteiger partial charge < -0.3 is 0 Å². The molecule has 1 unspecified atom stereocenters. The number of pyridine rings is 1. The molecule has 0 bridgehead atoms. The molecule has 2 aliphatic rings. The first-order chi connectivity index (χ1) is 10.6. The van der Waals surface area contributed by atoms with Gasteiger partial charge >= 0.3 is 11.5 Å². The standard InChI is InChI=1S/C16H16N4O2/c1-10-4-3-5-11(2)15(10)18-9-12-8-17-16-13(20(21)22)6-7-14(18)19(12)16/h3-7,12H,8-9H2,1-2H3/p+1. The van der Waals surface area contributed by atoms with Crippen molar-refractivity contribution >= 4 is 23.0 Å². The third kappa shape index (κ3) is 1.63. The maximum atomic E-state index is 11.2. The summed E-state index contributed by atoms with van der Waals surface area (Å²) in [6, 6.07) is 9.98. The minimum atomic E-state index is -0.320. The molecule has 112 valence electrons. The van der Waals surface area contributed by atoms with Gasteiger partial charge in [0.25, 0.3) is 0 Å². The minimum Gasteiger partial charge on any atom is -0.296 e. The van der Waals surface area contributed by atoms with Gasteiger partial charge in [0.05, 0.1) is 11.5 Å². The summed E-state index contributed by atoms with van der Waals surface area (Å²) in [5, 5.41) is 14.4. The summed E-state index contributed by atoms with van der Waals surface area (Å²) < 4.78 is 2.07. The lowest BCUT2D eigenvalue weighted by Gasteiger charge is -2.18. The topological polar surface area (TPSA) is 62.3 Å². The highest BCUT2D eigenvalue weighted by Gasteiger charge is 2.45. The Morgan fingerprint density at radius 1 is 1.27 bits per heavy atom. The Morgan fingerprint density at radius 3 is 2.68 bits per heavy atom. The van der Waals surface area contributed by atoms with Crippen molar-refractivity contribution in [1.82, 2.24) is 0 Å². The summed E-state index contributed by atoms with van der Waals surface area (Å²) in [4.78, 5) is 13.2. The first-order valence-corrected chi connectivity index (χ1v) is 7.38. The summed E-state index contributed by atoms with van der Waals surface area (Å²) in [5.41, 5.74) is 3.80. The number of hydrogen-bond acceptors (Lipinski definition) is 4. The Morgan fingerprint density at radius 2 is 2.00 bits per heavy atom. The van der Waals surface area contributed by atoms with Gasteiger partial charge in [0.1, 0.15) is 18.3 Å². The van der Waals surface area contributed by atoms with Gasteiger partial charge in [-0.3, -0.25) is 20.3 Å². The Bertz CT molecular complexity index is 783. The number of nitro groups is 1. The van der Waals surface area contributed by atoms with Crippen LogP contribution in [-0.4, -0.2) is 18.0 Å². The molecule has 1 aromatic heterocycles. The third-order valence-electron chi connectivity index (χ3n) is 4.57. The van der Waals surface area contributed by atoms with Crippen LogP contribution >= 0.6 is 0 Å². The number of benzene rings is 1. The van der Waals surface area contributed by atoms with Crippen LogP contribution < -0.4 is 14.8 Å². The van der Waals surface area contributed by atoms with E-state index in [-0.39, 0.29) is 16.7 Å². The van der Waals surface area contributed by atoms with E-state index in [2.05, 4.69) is 46.8 Å². The van der Waals surface area contributed by atoms with Crippen molar-refractivity contribution in [2.24, 2.45) is 0 Å². The van der Waals surface area contributed by atoms with Crippen molar-refractivity contribution in [2.75, 3.05) is 23.3 Å². The van der Waals surface area contributed by atoms with E-state index in [0.717, 1.165) is 18.9 Å². The molecule has 2 aliphatic heterocycles. The normalized spacial score (nSPS) is 18.3. The molecule has 6 nitrogen and oxygen atoms in total. The summed E-state index contributed by atoms with van der Waals surface area (Å²) in [6.45, 7) is 5.79.